The lowest BCUT2D eigenvalue weighted by molar-refractivity contribution is -0.137. The van der Waals surface area contributed by atoms with Crippen LogP contribution in [0.15, 0.2) is 36.5 Å². The highest BCUT2D eigenvalue weighted by Crippen LogP contribution is 2.28. The predicted octanol–water partition coefficient (Wildman–Crippen LogP) is 1.82. The van der Waals surface area contributed by atoms with Crippen molar-refractivity contribution in [2.75, 3.05) is 5.32 Å². The number of anilines is 1. The minimum Gasteiger partial charge on any atom is -0.306 e. The fourth-order valence-electron chi connectivity index (χ4n) is 3.60. The van der Waals surface area contributed by atoms with E-state index >= 15 is 0 Å². The molecule has 0 radical (unpaired) electrons. The van der Waals surface area contributed by atoms with Crippen LogP contribution in [0, 0.1) is 0 Å². The van der Waals surface area contributed by atoms with Gasteiger partial charge in [-0.3, -0.25) is 29.9 Å². The number of rotatable bonds is 3. The van der Waals surface area contributed by atoms with Crippen LogP contribution in [0.2, 0.25) is 5.15 Å². The number of urea groups is 1. The van der Waals surface area contributed by atoms with Gasteiger partial charge in [0.2, 0.25) is 11.8 Å². The molecule has 0 bridgehead atoms. The van der Waals surface area contributed by atoms with Gasteiger partial charge < -0.3 is 5.32 Å². The van der Waals surface area contributed by atoms with E-state index in [-0.39, 0.29) is 17.9 Å². The Morgan fingerprint density at radius 1 is 1.13 bits per heavy atom. The molecule has 3 heterocycles. The molecule has 5 amide bonds. The topological polar surface area (TPSA) is 120 Å². The molecule has 30 heavy (non-hydrogen) atoms. The summed E-state index contributed by atoms with van der Waals surface area (Å²) in [7, 11) is 0. The molecule has 1 fully saturated rings. The molecule has 2 aliphatic heterocycles. The van der Waals surface area contributed by atoms with E-state index in [0.717, 1.165) is 11.1 Å². The molecule has 1 atom stereocenters. The zero-order valence-corrected chi connectivity index (χ0v) is 16.5. The van der Waals surface area contributed by atoms with E-state index in [1.165, 1.54) is 12.3 Å². The number of benzene rings is 1. The van der Waals surface area contributed by atoms with Crippen LogP contribution in [-0.2, 0) is 22.7 Å². The first kappa shape index (κ1) is 20.0. The zero-order valence-electron chi connectivity index (χ0n) is 15.8. The maximum Gasteiger partial charge on any atom is 0.326 e. The number of aromatic nitrogens is 1. The third-order valence-corrected chi connectivity index (χ3v) is 5.30. The van der Waals surface area contributed by atoms with E-state index in [1.807, 2.05) is 11.0 Å². The molecule has 3 N–H and O–H groups in total. The predicted molar refractivity (Wildman–Crippen MR) is 108 cm³/mol. The minimum atomic E-state index is -0.685. The summed E-state index contributed by atoms with van der Waals surface area (Å²) in [5.74, 6) is -1.08. The van der Waals surface area contributed by atoms with Crippen LogP contribution in [0.25, 0.3) is 0 Å². The second-order valence-corrected chi connectivity index (χ2v) is 7.52. The SMILES string of the molecule is O=C1CCC(N2Cc3ccc(C(=O)NC(=O)Nc4ccc(Cl)nc4)cc3C2)C(=O)N1. The number of pyridine rings is 1. The van der Waals surface area contributed by atoms with Gasteiger partial charge in [0.25, 0.3) is 5.91 Å². The van der Waals surface area contributed by atoms with Gasteiger partial charge in [-0.15, -0.1) is 0 Å². The Morgan fingerprint density at radius 2 is 1.93 bits per heavy atom. The molecule has 154 valence electrons. The van der Waals surface area contributed by atoms with Crippen molar-refractivity contribution >= 4 is 41.0 Å². The molecule has 1 saturated heterocycles. The number of nitrogens with zero attached hydrogens (tertiary/aromatic N) is 2. The first-order chi connectivity index (χ1) is 14.4. The molecule has 1 aromatic heterocycles. The fraction of sp³-hybridized carbons (Fsp3) is 0.250. The molecule has 10 heteroatoms. The van der Waals surface area contributed by atoms with Crippen LogP contribution in [0.4, 0.5) is 10.5 Å². The summed E-state index contributed by atoms with van der Waals surface area (Å²) < 4.78 is 0. The number of nitrogens with one attached hydrogen (secondary N) is 3. The largest absolute Gasteiger partial charge is 0.326 e. The van der Waals surface area contributed by atoms with Crippen molar-refractivity contribution in [3.63, 3.8) is 0 Å². The van der Waals surface area contributed by atoms with Crippen molar-refractivity contribution in [1.29, 1.82) is 0 Å². The van der Waals surface area contributed by atoms with Gasteiger partial charge in [0.05, 0.1) is 17.9 Å². The van der Waals surface area contributed by atoms with Crippen LogP contribution in [0.3, 0.4) is 0 Å². The molecule has 1 unspecified atom stereocenters. The van der Waals surface area contributed by atoms with Crippen molar-refractivity contribution in [2.24, 2.45) is 0 Å². The number of hydrogen-bond donors (Lipinski definition) is 3. The summed E-state index contributed by atoms with van der Waals surface area (Å²) in [6, 6.07) is 7.21. The Kier molecular flexibility index (Phi) is 5.47. The monoisotopic (exact) mass is 427 g/mol. The van der Waals surface area contributed by atoms with E-state index in [9.17, 15) is 19.2 Å². The summed E-state index contributed by atoms with van der Waals surface area (Å²) in [5.41, 5.74) is 2.66. The highest BCUT2D eigenvalue weighted by atomic mass is 35.5. The Balaban J connectivity index is 1.38. The molecule has 0 spiro atoms. The summed E-state index contributed by atoms with van der Waals surface area (Å²) >= 11 is 5.70. The van der Waals surface area contributed by atoms with E-state index in [0.29, 0.717) is 42.3 Å². The summed E-state index contributed by atoms with van der Waals surface area (Å²) in [6.07, 6.45) is 2.17. The lowest BCUT2D eigenvalue weighted by Gasteiger charge is -2.29. The number of carbonyl (C=O) groups excluding carboxylic acids is 4. The van der Waals surface area contributed by atoms with Crippen LogP contribution in [0.1, 0.15) is 34.3 Å². The maximum atomic E-state index is 12.4. The molecule has 4 rings (SSSR count). The van der Waals surface area contributed by atoms with Gasteiger partial charge in [-0.1, -0.05) is 17.7 Å². The van der Waals surface area contributed by atoms with E-state index in [2.05, 4.69) is 20.9 Å². The van der Waals surface area contributed by atoms with Crippen molar-refractivity contribution < 1.29 is 19.2 Å². The van der Waals surface area contributed by atoms with E-state index in [4.69, 9.17) is 11.6 Å². The molecule has 0 aliphatic carbocycles. The normalized spacial score (nSPS) is 18.5. The van der Waals surface area contributed by atoms with Crippen molar-refractivity contribution in [3.8, 4) is 0 Å². The van der Waals surface area contributed by atoms with Gasteiger partial charge in [-0.25, -0.2) is 9.78 Å². The van der Waals surface area contributed by atoms with Gasteiger partial charge in [0, 0.05) is 25.1 Å². The third-order valence-electron chi connectivity index (χ3n) is 5.08. The van der Waals surface area contributed by atoms with E-state index < -0.39 is 11.9 Å². The first-order valence-electron chi connectivity index (χ1n) is 9.32. The molecular formula is C20H18ClN5O4. The average molecular weight is 428 g/mol. The first-order valence-corrected chi connectivity index (χ1v) is 9.70. The smallest absolute Gasteiger partial charge is 0.306 e. The number of imide groups is 2. The van der Waals surface area contributed by atoms with Gasteiger partial charge >= 0.3 is 6.03 Å². The Labute approximate surface area is 176 Å². The molecule has 0 saturated carbocycles. The highest BCUT2D eigenvalue weighted by Gasteiger charge is 2.34. The molecule has 9 nitrogen and oxygen atoms in total. The zero-order chi connectivity index (χ0) is 21.3. The van der Waals surface area contributed by atoms with Crippen molar-refractivity contribution in [3.05, 3.63) is 58.4 Å². The number of amides is 5. The van der Waals surface area contributed by atoms with Gasteiger partial charge in [-0.2, -0.15) is 0 Å². The summed E-state index contributed by atoms with van der Waals surface area (Å²) in [5, 5.41) is 7.44. The molecular weight excluding hydrogens is 410 g/mol. The van der Waals surface area contributed by atoms with Crippen LogP contribution >= 0.6 is 11.6 Å². The highest BCUT2D eigenvalue weighted by molar-refractivity contribution is 6.29. The van der Waals surface area contributed by atoms with Gasteiger partial charge in [0.1, 0.15) is 5.15 Å². The Bertz CT molecular complexity index is 1040. The lowest BCUT2D eigenvalue weighted by atomic mass is 10.0. The van der Waals surface area contributed by atoms with E-state index in [1.54, 1.807) is 18.2 Å². The van der Waals surface area contributed by atoms with Crippen LogP contribution in [-0.4, -0.2) is 39.7 Å². The number of piperidine rings is 1. The number of carbonyl (C=O) groups is 4. The number of hydrogen-bond acceptors (Lipinski definition) is 6. The lowest BCUT2D eigenvalue weighted by Crippen LogP contribution is -2.50. The fourth-order valence-corrected chi connectivity index (χ4v) is 3.71. The standard InChI is InChI=1S/C20H18ClN5O4/c21-16-5-3-14(8-22-16)23-20(30)25-18(28)11-1-2-12-9-26(10-13(12)7-11)15-4-6-17(27)24-19(15)29/h1-3,5,7-8,15H,4,6,9-10H2,(H,24,27,29)(H2,23,25,28,30). The second kappa shape index (κ2) is 8.21. The van der Waals surface area contributed by atoms with Crippen LogP contribution < -0.4 is 16.0 Å². The van der Waals surface area contributed by atoms with Crippen molar-refractivity contribution in [2.45, 2.75) is 32.0 Å². The number of halogens is 1. The number of fused-ring (bicyclic) bond motifs is 1. The van der Waals surface area contributed by atoms with Crippen LogP contribution in [0.5, 0.6) is 0 Å². The quantitative estimate of drug-likeness (QED) is 0.507. The average Bonchev–Trinajstić information content (AvgIpc) is 3.12. The Morgan fingerprint density at radius 3 is 2.67 bits per heavy atom. The Hall–Kier alpha value is -3.30. The van der Waals surface area contributed by atoms with Crippen molar-refractivity contribution in [1.82, 2.24) is 20.5 Å². The second-order valence-electron chi connectivity index (χ2n) is 7.13. The van der Waals surface area contributed by atoms with Gasteiger partial charge in [-0.05, 0) is 41.8 Å². The summed E-state index contributed by atoms with van der Waals surface area (Å²) in [4.78, 5) is 53.8. The molecule has 2 aliphatic rings. The molecule has 2 aromatic rings. The minimum absolute atomic E-state index is 0.250. The summed E-state index contributed by atoms with van der Waals surface area (Å²) in [6.45, 7) is 1.05. The third kappa shape index (κ3) is 4.32. The van der Waals surface area contributed by atoms with Gasteiger partial charge in [0.15, 0.2) is 0 Å². The molecule has 1 aromatic carbocycles. The maximum absolute atomic E-state index is 12.4.